The summed E-state index contributed by atoms with van der Waals surface area (Å²) in [6.07, 6.45) is -1.49. The molecule has 0 bridgehead atoms. The Morgan fingerprint density at radius 3 is 1.02 bits per heavy atom. The Morgan fingerprint density at radius 2 is 0.710 bits per heavy atom. The zero-order valence-corrected chi connectivity index (χ0v) is 34.5. The number of nitrogens with one attached hydrogen (secondary N) is 2. The zero-order chi connectivity index (χ0) is 43.5. The van der Waals surface area contributed by atoms with Crippen LogP contribution in [0.4, 0.5) is 9.59 Å². The van der Waals surface area contributed by atoms with Gasteiger partial charge in [-0.05, 0) is 57.6 Å². The average Bonchev–Trinajstić information content (AvgIpc) is 3.32. The summed E-state index contributed by atoms with van der Waals surface area (Å²) in [5.41, 5.74) is 5.67. The molecule has 0 radical (unpaired) electrons. The van der Waals surface area contributed by atoms with Crippen molar-refractivity contribution in [3.63, 3.8) is 0 Å². The van der Waals surface area contributed by atoms with Crippen LogP contribution in [0.2, 0.25) is 0 Å². The molecule has 2 amide bonds. The third-order valence-corrected chi connectivity index (χ3v) is 9.72. The molecule has 6 aromatic carbocycles. The second-order valence-electron chi connectivity index (χ2n) is 14.2. The quantitative estimate of drug-likeness (QED) is 0.0601. The van der Waals surface area contributed by atoms with Gasteiger partial charge in [0.25, 0.3) is 0 Å². The minimum atomic E-state index is -1.12. The van der Waals surface area contributed by atoms with Crippen molar-refractivity contribution in [2.24, 2.45) is 0 Å². The summed E-state index contributed by atoms with van der Waals surface area (Å²) in [6.45, 7) is 0.0406. The number of hydrogen-bond donors (Lipinski definition) is 2. The van der Waals surface area contributed by atoms with E-state index in [9.17, 15) is 19.2 Å². The van der Waals surface area contributed by atoms with Crippen LogP contribution in [0, 0.1) is 0 Å². The first-order valence-electron chi connectivity index (χ1n) is 20.0. The van der Waals surface area contributed by atoms with Crippen molar-refractivity contribution < 1.29 is 47.6 Å². The fraction of sp³-hybridized carbons (Fsp3) is 0.200. The van der Waals surface area contributed by atoms with E-state index in [1.165, 1.54) is 14.2 Å². The van der Waals surface area contributed by atoms with E-state index in [1.54, 1.807) is 24.3 Å². The van der Waals surface area contributed by atoms with Crippen molar-refractivity contribution in [3.05, 3.63) is 191 Å². The van der Waals surface area contributed by atoms with Gasteiger partial charge in [-0.1, -0.05) is 133 Å². The zero-order valence-electron chi connectivity index (χ0n) is 34.5. The van der Waals surface area contributed by atoms with E-state index < -0.39 is 36.2 Å². The van der Waals surface area contributed by atoms with Crippen molar-refractivity contribution in [1.29, 1.82) is 0 Å². The first-order valence-corrected chi connectivity index (χ1v) is 20.0. The Balaban J connectivity index is 1.24. The largest absolute Gasteiger partial charge is 0.496 e. The predicted octanol–water partition coefficient (Wildman–Crippen LogP) is 8.53. The van der Waals surface area contributed by atoms with Crippen LogP contribution in [-0.2, 0) is 67.8 Å². The Hall–Kier alpha value is -7.60. The van der Waals surface area contributed by atoms with Gasteiger partial charge in [-0.15, -0.1) is 0 Å². The van der Waals surface area contributed by atoms with Crippen LogP contribution in [-0.4, -0.2) is 50.4 Å². The molecule has 0 unspecified atom stereocenters. The number of carbonyl (C=O) groups is 4. The molecule has 62 heavy (non-hydrogen) atoms. The number of methoxy groups -OCH3 is 2. The molecule has 12 nitrogen and oxygen atoms in total. The van der Waals surface area contributed by atoms with Crippen LogP contribution in [0.5, 0.6) is 11.5 Å². The number of rotatable bonds is 19. The third kappa shape index (κ3) is 13.2. The summed E-state index contributed by atoms with van der Waals surface area (Å²) in [4.78, 5) is 53.4. The Kier molecular flexibility index (Phi) is 16.1. The van der Waals surface area contributed by atoms with E-state index in [4.69, 9.17) is 28.4 Å². The third-order valence-electron chi connectivity index (χ3n) is 9.72. The van der Waals surface area contributed by atoms with Gasteiger partial charge in [-0.2, -0.15) is 0 Å². The molecule has 0 fully saturated rings. The van der Waals surface area contributed by atoms with E-state index in [0.717, 1.165) is 22.3 Å². The summed E-state index contributed by atoms with van der Waals surface area (Å²) < 4.78 is 33.9. The maximum absolute atomic E-state index is 13.6. The molecule has 12 heteroatoms. The molecule has 0 aliphatic heterocycles. The molecule has 0 aliphatic rings. The molecule has 0 spiro atoms. The van der Waals surface area contributed by atoms with Gasteiger partial charge < -0.3 is 39.1 Å². The van der Waals surface area contributed by atoms with Gasteiger partial charge in [-0.25, -0.2) is 19.2 Å². The Labute approximate surface area is 360 Å². The summed E-state index contributed by atoms with van der Waals surface area (Å²) >= 11 is 0. The van der Waals surface area contributed by atoms with Crippen molar-refractivity contribution >= 4 is 24.1 Å². The van der Waals surface area contributed by atoms with E-state index in [2.05, 4.69) is 10.6 Å². The minimum Gasteiger partial charge on any atom is -0.496 e. The minimum absolute atomic E-state index is 0.00910. The van der Waals surface area contributed by atoms with Crippen LogP contribution >= 0.6 is 0 Å². The number of benzene rings is 6. The molecule has 0 saturated carbocycles. The molecule has 0 aromatic heterocycles. The summed E-state index contributed by atoms with van der Waals surface area (Å²) in [5, 5.41) is 5.40. The summed E-state index contributed by atoms with van der Waals surface area (Å²) in [6, 6.07) is 45.4. The number of ether oxygens (including phenoxy) is 6. The molecule has 318 valence electrons. The Bertz CT molecular complexity index is 2210. The van der Waals surface area contributed by atoms with E-state index in [0.29, 0.717) is 33.8 Å². The number of carbonyl (C=O) groups excluding carboxylic acids is 4. The van der Waals surface area contributed by atoms with Crippen LogP contribution in [0.1, 0.15) is 33.4 Å². The van der Waals surface area contributed by atoms with Gasteiger partial charge in [0, 0.05) is 24.0 Å². The lowest BCUT2D eigenvalue weighted by Gasteiger charge is -2.20. The molecular formula is C50H48N2O10. The van der Waals surface area contributed by atoms with Gasteiger partial charge in [0.05, 0.1) is 14.2 Å². The highest BCUT2D eigenvalue weighted by Gasteiger charge is 2.27. The summed E-state index contributed by atoms with van der Waals surface area (Å²) in [7, 11) is 3.07. The Morgan fingerprint density at radius 1 is 0.403 bits per heavy atom. The molecule has 6 aromatic rings. The fourth-order valence-corrected chi connectivity index (χ4v) is 6.52. The van der Waals surface area contributed by atoms with Crippen molar-refractivity contribution in [3.8, 4) is 22.6 Å². The monoisotopic (exact) mass is 836 g/mol. The van der Waals surface area contributed by atoms with Crippen molar-refractivity contribution in [2.75, 3.05) is 14.2 Å². The van der Waals surface area contributed by atoms with Crippen LogP contribution in [0.3, 0.4) is 0 Å². The van der Waals surface area contributed by atoms with Crippen molar-refractivity contribution in [1.82, 2.24) is 10.6 Å². The SMILES string of the molecule is COc1ccc(C[C@H](NC(=O)OCc2ccccc2)C(=O)OCc2ccccc2)cc1-c1cc(C[C@H](NC(=O)OCc2ccccc2)C(=O)OCc2ccccc2)ccc1OC. The van der Waals surface area contributed by atoms with Crippen molar-refractivity contribution in [2.45, 2.75) is 51.4 Å². The highest BCUT2D eigenvalue weighted by Crippen LogP contribution is 2.38. The topological polar surface area (TPSA) is 148 Å². The lowest BCUT2D eigenvalue weighted by atomic mass is 9.95. The molecule has 2 atom stereocenters. The molecule has 0 saturated heterocycles. The second kappa shape index (κ2) is 22.7. The fourth-order valence-electron chi connectivity index (χ4n) is 6.52. The standard InChI is InChI=1S/C50H48N2O10/c1-57-45-25-23-39(29-43(47(53)59-31-35-15-7-3-8-16-35)51-49(55)61-33-37-19-11-5-12-20-37)27-41(45)42-28-40(24-26-46(42)58-2)30-44(48(54)60-32-36-17-9-4-10-18-36)52-50(56)62-34-38-21-13-6-14-22-38/h3-28,43-44H,29-34H2,1-2H3,(H,51,55)(H,52,56)/t43-,44-/m0/s1. The predicted molar refractivity (Wildman–Crippen MR) is 232 cm³/mol. The molecule has 6 rings (SSSR count). The highest BCUT2D eigenvalue weighted by molar-refractivity contribution is 5.83. The first kappa shape index (κ1) is 44.0. The normalized spacial score (nSPS) is 11.6. The van der Waals surface area contributed by atoms with Crippen LogP contribution in [0.15, 0.2) is 158 Å². The lowest BCUT2D eigenvalue weighted by molar-refractivity contribution is -0.148. The number of alkyl carbamates (subject to hydrolysis) is 2. The van der Waals surface area contributed by atoms with Gasteiger partial charge in [0.1, 0.15) is 50.0 Å². The van der Waals surface area contributed by atoms with Crippen LogP contribution in [0.25, 0.3) is 11.1 Å². The molecule has 0 aliphatic carbocycles. The van der Waals surface area contributed by atoms with Crippen LogP contribution < -0.4 is 20.1 Å². The van der Waals surface area contributed by atoms with Gasteiger partial charge in [0.15, 0.2) is 0 Å². The first-order chi connectivity index (χ1) is 30.3. The lowest BCUT2D eigenvalue weighted by Crippen LogP contribution is -2.43. The maximum Gasteiger partial charge on any atom is 0.408 e. The van der Waals surface area contributed by atoms with E-state index in [1.807, 2.05) is 133 Å². The molecule has 2 N–H and O–H groups in total. The van der Waals surface area contributed by atoms with Gasteiger partial charge >= 0.3 is 24.1 Å². The number of esters is 2. The molecule has 0 heterocycles. The maximum atomic E-state index is 13.6. The smallest absolute Gasteiger partial charge is 0.408 e. The van der Waals surface area contributed by atoms with Gasteiger partial charge in [0.2, 0.25) is 0 Å². The average molecular weight is 837 g/mol. The van der Waals surface area contributed by atoms with E-state index in [-0.39, 0.29) is 39.3 Å². The number of hydrogen-bond acceptors (Lipinski definition) is 10. The summed E-state index contributed by atoms with van der Waals surface area (Å²) in [5.74, 6) is -0.321. The molecular weight excluding hydrogens is 789 g/mol. The number of amides is 2. The highest BCUT2D eigenvalue weighted by atomic mass is 16.6. The van der Waals surface area contributed by atoms with Gasteiger partial charge in [-0.3, -0.25) is 0 Å². The second-order valence-corrected chi connectivity index (χ2v) is 14.2. The van der Waals surface area contributed by atoms with E-state index >= 15 is 0 Å².